The van der Waals surface area contributed by atoms with E-state index in [0.29, 0.717) is 11.5 Å². The molecule has 0 atom stereocenters. The van der Waals surface area contributed by atoms with Crippen LogP contribution in [0.5, 0.6) is 5.75 Å². The number of nitrogens with zero attached hydrogens (tertiary/aromatic N) is 2. The van der Waals surface area contributed by atoms with Gasteiger partial charge >= 0.3 is 0 Å². The second-order valence-corrected chi connectivity index (χ2v) is 2.69. The Kier molecular flexibility index (Phi) is 1.66. The van der Waals surface area contributed by atoms with Gasteiger partial charge in [0, 0.05) is 0 Å². The third kappa shape index (κ3) is 1.33. The van der Waals surface area contributed by atoms with Gasteiger partial charge in [-0.3, -0.25) is 0 Å². The molecular weight excluding hydrogens is 166 g/mol. The lowest BCUT2D eigenvalue weighted by molar-refractivity contribution is 0.472. The molecule has 66 valence electrons. The zero-order valence-corrected chi connectivity index (χ0v) is 6.88. The van der Waals surface area contributed by atoms with E-state index in [1.54, 1.807) is 35.3 Å². The Bertz CT molecular complexity index is 422. The molecule has 0 aliphatic rings. The fourth-order valence-corrected chi connectivity index (χ4v) is 1.15. The fraction of sp³-hybridized carbons (Fsp3) is 0. The molecule has 0 amide bonds. The lowest BCUT2D eigenvalue weighted by atomic mass is 10.3. The molecule has 4 heteroatoms. The van der Waals surface area contributed by atoms with Crippen molar-refractivity contribution in [2.45, 2.75) is 0 Å². The minimum Gasteiger partial charge on any atom is -0.506 e. The van der Waals surface area contributed by atoms with Gasteiger partial charge in [0.2, 0.25) is 0 Å². The monoisotopic (exact) mass is 175 g/mol. The average molecular weight is 175 g/mol. The second kappa shape index (κ2) is 2.82. The summed E-state index contributed by atoms with van der Waals surface area (Å²) in [7, 11) is 0. The van der Waals surface area contributed by atoms with E-state index in [2.05, 4.69) is 4.98 Å². The lowest BCUT2D eigenvalue weighted by Gasteiger charge is -2.02. The van der Waals surface area contributed by atoms with E-state index in [-0.39, 0.29) is 5.75 Å². The highest BCUT2D eigenvalue weighted by Gasteiger charge is 2.01. The summed E-state index contributed by atoms with van der Waals surface area (Å²) in [5, 5.41) is 9.48. The molecule has 0 radical (unpaired) electrons. The summed E-state index contributed by atoms with van der Waals surface area (Å²) in [5.41, 5.74) is 6.13. The van der Waals surface area contributed by atoms with Crippen molar-refractivity contribution in [2.24, 2.45) is 0 Å². The lowest BCUT2D eigenvalue weighted by Crippen LogP contribution is -1.89. The minimum atomic E-state index is 0.208. The number of phenols is 1. The van der Waals surface area contributed by atoms with E-state index in [1.807, 2.05) is 6.07 Å². The first-order valence-electron chi connectivity index (χ1n) is 3.85. The predicted molar refractivity (Wildman–Crippen MR) is 49.6 cm³/mol. The van der Waals surface area contributed by atoms with Crippen molar-refractivity contribution >= 4 is 5.82 Å². The Balaban J connectivity index is 2.52. The molecule has 13 heavy (non-hydrogen) atoms. The van der Waals surface area contributed by atoms with Crippen molar-refractivity contribution in [3.05, 3.63) is 36.8 Å². The second-order valence-electron chi connectivity index (χ2n) is 2.69. The van der Waals surface area contributed by atoms with Crippen LogP contribution in [-0.2, 0) is 0 Å². The molecule has 4 nitrogen and oxygen atoms in total. The molecule has 0 spiro atoms. The van der Waals surface area contributed by atoms with Crippen LogP contribution in [0.15, 0.2) is 36.8 Å². The van der Waals surface area contributed by atoms with Crippen LogP contribution in [0, 0.1) is 0 Å². The number of rotatable bonds is 1. The van der Waals surface area contributed by atoms with Gasteiger partial charge in [0.1, 0.15) is 17.9 Å². The largest absolute Gasteiger partial charge is 0.506 e. The van der Waals surface area contributed by atoms with Gasteiger partial charge in [-0.2, -0.15) is 0 Å². The Labute approximate surface area is 75.3 Å². The van der Waals surface area contributed by atoms with E-state index in [0.717, 1.165) is 0 Å². The van der Waals surface area contributed by atoms with Crippen molar-refractivity contribution in [1.82, 2.24) is 9.55 Å². The van der Waals surface area contributed by atoms with Crippen LogP contribution in [0.1, 0.15) is 0 Å². The summed E-state index contributed by atoms with van der Waals surface area (Å²) in [4.78, 5) is 3.86. The molecule has 0 fully saturated rings. The van der Waals surface area contributed by atoms with Crippen LogP contribution in [0.4, 0.5) is 5.82 Å². The number of para-hydroxylation sites is 2. The summed E-state index contributed by atoms with van der Waals surface area (Å²) in [6, 6.07) is 7.01. The number of hydrogen-bond donors (Lipinski definition) is 2. The van der Waals surface area contributed by atoms with Crippen LogP contribution in [0.2, 0.25) is 0 Å². The van der Waals surface area contributed by atoms with Gasteiger partial charge in [-0.1, -0.05) is 12.1 Å². The molecule has 1 aromatic heterocycles. The summed E-state index contributed by atoms with van der Waals surface area (Å²) in [6.07, 6.45) is 3.21. The number of aromatic hydroxyl groups is 1. The zero-order valence-electron chi connectivity index (χ0n) is 6.88. The Morgan fingerprint density at radius 2 is 2.08 bits per heavy atom. The number of phenolic OH excluding ortho intramolecular Hbond substituents is 1. The summed E-state index contributed by atoms with van der Waals surface area (Å²) in [6.45, 7) is 0. The normalized spacial score (nSPS) is 10.2. The smallest absolute Gasteiger partial charge is 0.141 e. The zero-order chi connectivity index (χ0) is 9.26. The van der Waals surface area contributed by atoms with Gasteiger partial charge in [-0.15, -0.1) is 0 Å². The molecule has 0 aliphatic carbocycles. The third-order valence-electron chi connectivity index (χ3n) is 1.76. The standard InChI is InChI=1S/C9H9N3O/c10-9-5-12(6-11-9)7-3-1-2-4-8(7)13/h1-6,13H,10H2. The number of nitrogens with two attached hydrogens (primary N) is 1. The number of anilines is 1. The maximum atomic E-state index is 9.48. The van der Waals surface area contributed by atoms with Crippen LogP contribution in [0.25, 0.3) is 5.69 Å². The molecule has 2 rings (SSSR count). The van der Waals surface area contributed by atoms with Crippen molar-refractivity contribution in [2.75, 3.05) is 5.73 Å². The average Bonchev–Trinajstić information content (AvgIpc) is 2.53. The number of benzene rings is 1. The van der Waals surface area contributed by atoms with Crippen molar-refractivity contribution in [3.63, 3.8) is 0 Å². The van der Waals surface area contributed by atoms with Gasteiger partial charge < -0.3 is 15.4 Å². The van der Waals surface area contributed by atoms with E-state index >= 15 is 0 Å². The van der Waals surface area contributed by atoms with Crippen molar-refractivity contribution in [1.29, 1.82) is 0 Å². The summed E-state index contributed by atoms with van der Waals surface area (Å²) in [5.74, 6) is 0.642. The van der Waals surface area contributed by atoms with Crippen LogP contribution < -0.4 is 5.73 Å². The molecule has 0 aliphatic heterocycles. The van der Waals surface area contributed by atoms with Gasteiger partial charge in [0.25, 0.3) is 0 Å². The molecular formula is C9H9N3O. The van der Waals surface area contributed by atoms with Gasteiger partial charge in [0.05, 0.1) is 11.9 Å². The number of aromatic nitrogens is 2. The van der Waals surface area contributed by atoms with Gasteiger partial charge in [-0.25, -0.2) is 4.98 Å². The first-order valence-corrected chi connectivity index (χ1v) is 3.85. The van der Waals surface area contributed by atoms with Crippen LogP contribution in [-0.4, -0.2) is 14.7 Å². The molecule has 0 saturated heterocycles. The molecule has 3 N–H and O–H groups in total. The third-order valence-corrected chi connectivity index (χ3v) is 1.76. The highest BCUT2D eigenvalue weighted by Crippen LogP contribution is 2.20. The number of nitrogen functional groups attached to an aromatic ring is 1. The Morgan fingerprint density at radius 1 is 1.31 bits per heavy atom. The van der Waals surface area contributed by atoms with E-state index in [9.17, 15) is 5.11 Å². The summed E-state index contributed by atoms with van der Waals surface area (Å²) >= 11 is 0. The summed E-state index contributed by atoms with van der Waals surface area (Å²) < 4.78 is 1.67. The van der Waals surface area contributed by atoms with Gasteiger partial charge in [0.15, 0.2) is 0 Å². The van der Waals surface area contributed by atoms with E-state index < -0.39 is 0 Å². The van der Waals surface area contributed by atoms with Crippen LogP contribution in [0.3, 0.4) is 0 Å². The molecule has 0 saturated carbocycles. The Morgan fingerprint density at radius 3 is 2.69 bits per heavy atom. The topological polar surface area (TPSA) is 64.1 Å². The maximum Gasteiger partial charge on any atom is 0.141 e. The molecule has 2 aromatic rings. The predicted octanol–water partition coefficient (Wildman–Crippen LogP) is 1.16. The maximum absolute atomic E-state index is 9.48. The quantitative estimate of drug-likeness (QED) is 0.683. The SMILES string of the molecule is Nc1cn(-c2ccccc2O)cn1. The van der Waals surface area contributed by atoms with Crippen LogP contribution >= 0.6 is 0 Å². The first kappa shape index (κ1) is 7.67. The van der Waals surface area contributed by atoms with Gasteiger partial charge in [-0.05, 0) is 12.1 Å². The minimum absolute atomic E-state index is 0.208. The van der Waals surface area contributed by atoms with E-state index in [4.69, 9.17) is 5.73 Å². The highest BCUT2D eigenvalue weighted by molar-refractivity contribution is 5.46. The van der Waals surface area contributed by atoms with E-state index in [1.165, 1.54) is 0 Å². The molecule has 1 aromatic carbocycles. The molecule has 0 unspecified atom stereocenters. The highest BCUT2D eigenvalue weighted by atomic mass is 16.3. The van der Waals surface area contributed by atoms with Crippen molar-refractivity contribution < 1.29 is 5.11 Å². The Hall–Kier alpha value is -1.97. The molecule has 0 bridgehead atoms. The number of imidazole rings is 1. The fourth-order valence-electron chi connectivity index (χ4n) is 1.15. The molecule has 1 heterocycles. The first-order chi connectivity index (χ1) is 6.27. The number of hydrogen-bond acceptors (Lipinski definition) is 3. The van der Waals surface area contributed by atoms with Crippen molar-refractivity contribution in [3.8, 4) is 11.4 Å².